The minimum absolute atomic E-state index is 0.419. The van der Waals surface area contributed by atoms with Crippen LogP contribution in [0.1, 0.15) is 12.8 Å². The van der Waals surface area contributed by atoms with Crippen LogP contribution < -0.4 is 5.73 Å². The molecule has 0 aromatic carbocycles. The zero-order valence-electron chi connectivity index (χ0n) is 5.50. The third-order valence-electron chi connectivity index (χ3n) is 1.51. The topological polar surface area (TPSA) is 69.4 Å². The Bertz CT molecular complexity index is 166. The molecular weight excluding hydrogens is 134 g/mol. The van der Waals surface area contributed by atoms with Gasteiger partial charge in [0.25, 0.3) is 0 Å². The van der Waals surface area contributed by atoms with E-state index in [0.29, 0.717) is 13.0 Å². The maximum Gasteiger partial charge on any atom is 0.318 e. The number of ether oxygens (including phenoxy) is 1. The first-order valence-corrected chi connectivity index (χ1v) is 3.18. The van der Waals surface area contributed by atoms with Crippen LogP contribution in [0.15, 0.2) is 0 Å². The van der Waals surface area contributed by atoms with Gasteiger partial charge in [0, 0.05) is 0 Å². The summed E-state index contributed by atoms with van der Waals surface area (Å²) >= 11 is 0. The summed E-state index contributed by atoms with van der Waals surface area (Å²) in [4.78, 5) is 21.2. The van der Waals surface area contributed by atoms with Gasteiger partial charge in [0.1, 0.15) is 5.92 Å². The van der Waals surface area contributed by atoms with Crippen LogP contribution >= 0.6 is 0 Å². The van der Waals surface area contributed by atoms with Crippen LogP contribution in [0.5, 0.6) is 0 Å². The highest BCUT2D eigenvalue weighted by Crippen LogP contribution is 2.13. The van der Waals surface area contributed by atoms with Crippen molar-refractivity contribution in [2.45, 2.75) is 12.8 Å². The summed E-state index contributed by atoms with van der Waals surface area (Å²) in [6.07, 6.45) is 1.27. The first-order chi connectivity index (χ1) is 4.72. The average Bonchev–Trinajstić information content (AvgIpc) is 1.88. The molecule has 0 aromatic heterocycles. The number of hydrogen-bond acceptors (Lipinski definition) is 3. The van der Waals surface area contributed by atoms with Crippen molar-refractivity contribution < 1.29 is 14.3 Å². The third-order valence-corrected chi connectivity index (χ3v) is 1.51. The van der Waals surface area contributed by atoms with E-state index in [4.69, 9.17) is 5.73 Å². The zero-order valence-corrected chi connectivity index (χ0v) is 5.50. The summed E-state index contributed by atoms with van der Waals surface area (Å²) in [5, 5.41) is 0. The zero-order chi connectivity index (χ0) is 7.56. The molecule has 1 saturated heterocycles. The fourth-order valence-electron chi connectivity index (χ4n) is 0.937. The Morgan fingerprint density at radius 3 is 2.80 bits per heavy atom. The van der Waals surface area contributed by atoms with Crippen molar-refractivity contribution >= 4 is 11.9 Å². The molecule has 0 spiro atoms. The van der Waals surface area contributed by atoms with Crippen LogP contribution in [-0.4, -0.2) is 18.5 Å². The molecule has 56 valence electrons. The number of cyclic esters (lactones) is 1. The lowest BCUT2D eigenvalue weighted by molar-refractivity contribution is -0.156. The van der Waals surface area contributed by atoms with Crippen LogP contribution in [0, 0.1) is 5.92 Å². The Morgan fingerprint density at radius 1 is 1.70 bits per heavy atom. The highest BCUT2D eigenvalue weighted by Gasteiger charge is 2.28. The lowest BCUT2D eigenvalue weighted by Crippen LogP contribution is -2.35. The minimum Gasteiger partial charge on any atom is -0.465 e. The van der Waals surface area contributed by atoms with Crippen LogP contribution in [0.3, 0.4) is 0 Å². The first kappa shape index (κ1) is 7.05. The van der Waals surface area contributed by atoms with E-state index in [1.165, 1.54) is 0 Å². The van der Waals surface area contributed by atoms with E-state index >= 15 is 0 Å². The van der Waals surface area contributed by atoms with Gasteiger partial charge in [0.2, 0.25) is 5.91 Å². The molecule has 2 N–H and O–H groups in total. The van der Waals surface area contributed by atoms with E-state index in [0.717, 1.165) is 6.42 Å². The molecule has 1 fully saturated rings. The van der Waals surface area contributed by atoms with Gasteiger partial charge in [-0.3, -0.25) is 9.59 Å². The normalized spacial score (nSPS) is 25.6. The van der Waals surface area contributed by atoms with Crippen molar-refractivity contribution in [1.29, 1.82) is 0 Å². The second-order valence-corrected chi connectivity index (χ2v) is 2.26. The number of hydrogen-bond donors (Lipinski definition) is 1. The molecule has 0 saturated carbocycles. The van der Waals surface area contributed by atoms with Crippen molar-refractivity contribution in [2.75, 3.05) is 6.61 Å². The molecule has 0 bridgehead atoms. The summed E-state index contributed by atoms with van der Waals surface area (Å²) in [7, 11) is 0. The van der Waals surface area contributed by atoms with Gasteiger partial charge < -0.3 is 10.5 Å². The van der Waals surface area contributed by atoms with Gasteiger partial charge in [-0.1, -0.05) is 0 Å². The fourth-order valence-corrected chi connectivity index (χ4v) is 0.937. The van der Waals surface area contributed by atoms with Crippen molar-refractivity contribution in [3.63, 3.8) is 0 Å². The standard InChI is InChI=1S/C6H9NO3/c7-5(8)4-2-1-3-10-6(4)9/h4H,1-3H2,(H2,7,8). The molecule has 1 unspecified atom stereocenters. The Labute approximate surface area is 58.3 Å². The van der Waals surface area contributed by atoms with E-state index < -0.39 is 17.8 Å². The molecular formula is C6H9NO3. The van der Waals surface area contributed by atoms with Gasteiger partial charge in [0.15, 0.2) is 0 Å². The fraction of sp³-hybridized carbons (Fsp3) is 0.667. The molecule has 0 aromatic rings. The number of nitrogens with two attached hydrogens (primary N) is 1. The number of rotatable bonds is 1. The largest absolute Gasteiger partial charge is 0.465 e. The summed E-state index contributed by atoms with van der Waals surface area (Å²) in [6.45, 7) is 0.419. The van der Waals surface area contributed by atoms with Crippen molar-refractivity contribution in [3.8, 4) is 0 Å². The molecule has 1 rings (SSSR count). The molecule has 10 heavy (non-hydrogen) atoms. The van der Waals surface area contributed by atoms with E-state index in [1.54, 1.807) is 0 Å². The molecule has 0 radical (unpaired) electrons. The molecule has 1 aliphatic heterocycles. The van der Waals surface area contributed by atoms with E-state index in [-0.39, 0.29) is 0 Å². The maximum absolute atomic E-state index is 10.7. The van der Waals surface area contributed by atoms with Gasteiger partial charge in [-0.25, -0.2) is 0 Å². The van der Waals surface area contributed by atoms with Crippen molar-refractivity contribution in [1.82, 2.24) is 0 Å². The lowest BCUT2D eigenvalue weighted by Gasteiger charge is -2.17. The minimum atomic E-state index is -0.700. The number of amides is 1. The summed E-state index contributed by atoms with van der Waals surface area (Å²) in [5.41, 5.74) is 4.92. The molecule has 1 aliphatic rings. The predicted molar refractivity (Wildman–Crippen MR) is 32.9 cm³/mol. The van der Waals surface area contributed by atoms with E-state index in [2.05, 4.69) is 4.74 Å². The third kappa shape index (κ3) is 1.26. The maximum atomic E-state index is 10.7. The summed E-state index contributed by atoms with van der Waals surface area (Å²) in [6, 6.07) is 0. The molecule has 1 heterocycles. The van der Waals surface area contributed by atoms with Crippen molar-refractivity contribution in [3.05, 3.63) is 0 Å². The van der Waals surface area contributed by atoms with Crippen LogP contribution in [0.2, 0.25) is 0 Å². The molecule has 1 amide bonds. The summed E-state index contributed by atoms with van der Waals surface area (Å²) < 4.78 is 4.61. The molecule has 4 heteroatoms. The number of carbonyl (C=O) groups is 2. The summed E-state index contributed by atoms with van der Waals surface area (Å²) in [5.74, 6) is -1.75. The smallest absolute Gasteiger partial charge is 0.318 e. The van der Waals surface area contributed by atoms with Gasteiger partial charge in [-0.05, 0) is 12.8 Å². The predicted octanol–water partition coefficient (Wildman–Crippen LogP) is -0.575. The van der Waals surface area contributed by atoms with Crippen molar-refractivity contribution in [2.24, 2.45) is 11.7 Å². The van der Waals surface area contributed by atoms with Crippen LogP contribution in [0.25, 0.3) is 0 Å². The molecule has 4 nitrogen and oxygen atoms in total. The second-order valence-electron chi connectivity index (χ2n) is 2.26. The highest BCUT2D eigenvalue weighted by atomic mass is 16.5. The van der Waals surface area contributed by atoms with Crippen LogP contribution in [-0.2, 0) is 14.3 Å². The van der Waals surface area contributed by atoms with Gasteiger partial charge >= 0.3 is 5.97 Å². The quantitative estimate of drug-likeness (QED) is 0.394. The first-order valence-electron chi connectivity index (χ1n) is 3.18. The number of esters is 1. The van der Waals surface area contributed by atoms with Gasteiger partial charge in [-0.15, -0.1) is 0 Å². The Balaban J connectivity index is 2.56. The highest BCUT2D eigenvalue weighted by molar-refractivity contribution is 5.97. The van der Waals surface area contributed by atoms with E-state index in [1.807, 2.05) is 0 Å². The van der Waals surface area contributed by atoms with Crippen LogP contribution in [0.4, 0.5) is 0 Å². The Morgan fingerprint density at radius 2 is 2.40 bits per heavy atom. The number of carbonyl (C=O) groups excluding carboxylic acids is 2. The Kier molecular flexibility index (Phi) is 1.89. The number of primary amides is 1. The Hall–Kier alpha value is -1.06. The van der Waals surface area contributed by atoms with E-state index in [9.17, 15) is 9.59 Å². The molecule has 0 aliphatic carbocycles. The molecule has 1 atom stereocenters. The SMILES string of the molecule is NC(=O)C1CCCOC1=O. The second kappa shape index (κ2) is 2.68. The van der Waals surface area contributed by atoms with Gasteiger partial charge in [-0.2, -0.15) is 0 Å². The lowest BCUT2D eigenvalue weighted by atomic mass is 10.0. The average molecular weight is 143 g/mol. The monoisotopic (exact) mass is 143 g/mol. The van der Waals surface area contributed by atoms with Gasteiger partial charge in [0.05, 0.1) is 6.61 Å².